The van der Waals surface area contributed by atoms with Crippen molar-refractivity contribution in [3.05, 3.63) is 29.0 Å². The highest BCUT2D eigenvalue weighted by Crippen LogP contribution is 2.51. The summed E-state index contributed by atoms with van der Waals surface area (Å²) >= 11 is 0. The van der Waals surface area contributed by atoms with E-state index in [0.29, 0.717) is 5.76 Å². The van der Waals surface area contributed by atoms with Crippen LogP contribution in [0.1, 0.15) is 65.5 Å². The first-order valence-electron chi connectivity index (χ1n) is 12.1. The van der Waals surface area contributed by atoms with Gasteiger partial charge in [-0.15, -0.1) is 0 Å². The average molecular weight is 458 g/mol. The first kappa shape index (κ1) is 22.7. The minimum absolute atomic E-state index is 0.0623. The highest BCUT2D eigenvalue weighted by atomic mass is 16.8. The standard InChI is InChI=1S/C26H35NO6/c1-7-8-10-27-11-9-15-12-17-18(30-14-29-17)13-16(15)19-20(27)22-23(33-26(5,6)32-22)21(19)31-24(28)25(2,3)4/h12-13,20,22-23H,7-11,14H2,1-6H3/t20-,22+,23-/m1/s1. The highest BCUT2D eigenvalue weighted by Gasteiger charge is 2.57. The van der Waals surface area contributed by atoms with Crippen LogP contribution in [0, 0.1) is 5.41 Å². The van der Waals surface area contributed by atoms with E-state index in [9.17, 15) is 4.79 Å². The normalized spacial score (nSPS) is 27.8. The minimum atomic E-state index is -0.749. The summed E-state index contributed by atoms with van der Waals surface area (Å²) in [5.74, 6) is 1.06. The second-order valence-electron chi connectivity index (χ2n) is 10.9. The fourth-order valence-corrected chi connectivity index (χ4v) is 5.19. The largest absolute Gasteiger partial charge is 0.454 e. The fraction of sp³-hybridized carbons (Fsp3) is 0.654. The minimum Gasteiger partial charge on any atom is -0.454 e. The number of ether oxygens (including phenoxy) is 5. The molecule has 0 bridgehead atoms. The van der Waals surface area contributed by atoms with Gasteiger partial charge in [-0.25, -0.2) is 0 Å². The molecule has 4 aliphatic rings. The third-order valence-electron chi connectivity index (χ3n) is 6.82. The molecule has 1 aromatic carbocycles. The molecule has 3 aliphatic heterocycles. The van der Waals surface area contributed by atoms with Gasteiger partial charge in [-0.05, 0) is 77.3 Å². The first-order valence-corrected chi connectivity index (χ1v) is 12.1. The SMILES string of the molecule is CCCCN1CCc2cc3c(cc2C2=C(OC(=O)C(C)(C)C)[C@H]4OC(C)(C)O[C@H]4[C@@H]21)OCO3. The third-order valence-corrected chi connectivity index (χ3v) is 6.82. The molecule has 0 spiro atoms. The molecular weight excluding hydrogens is 422 g/mol. The molecule has 7 heteroatoms. The predicted octanol–water partition coefficient (Wildman–Crippen LogP) is 4.28. The van der Waals surface area contributed by atoms with Gasteiger partial charge in [-0.3, -0.25) is 9.69 Å². The van der Waals surface area contributed by atoms with Crippen molar-refractivity contribution < 1.29 is 28.5 Å². The van der Waals surface area contributed by atoms with E-state index >= 15 is 0 Å². The quantitative estimate of drug-likeness (QED) is 0.626. The van der Waals surface area contributed by atoms with Crippen LogP contribution in [0.15, 0.2) is 17.9 Å². The summed E-state index contributed by atoms with van der Waals surface area (Å²) in [6.07, 6.45) is 2.38. The van der Waals surface area contributed by atoms with Gasteiger partial charge in [0, 0.05) is 12.1 Å². The highest BCUT2D eigenvalue weighted by molar-refractivity contribution is 5.84. The van der Waals surface area contributed by atoms with Gasteiger partial charge in [0.2, 0.25) is 6.79 Å². The fourth-order valence-electron chi connectivity index (χ4n) is 5.19. The van der Waals surface area contributed by atoms with Crippen molar-refractivity contribution in [2.24, 2.45) is 5.41 Å². The van der Waals surface area contributed by atoms with Gasteiger partial charge >= 0.3 is 5.97 Å². The van der Waals surface area contributed by atoms with E-state index in [1.165, 1.54) is 5.56 Å². The molecule has 3 heterocycles. The Morgan fingerprint density at radius 3 is 2.61 bits per heavy atom. The summed E-state index contributed by atoms with van der Waals surface area (Å²) in [4.78, 5) is 15.6. The molecule has 180 valence electrons. The molecule has 0 radical (unpaired) electrons. The zero-order valence-electron chi connectivity index (χ0n) is 20.5. The average Bonchev–Trinajstić information content (AvgIpc) is 3.35. The van der Waals surface area contributed by atoms with E-state index in [-0.39, 0.29) is 24.9 Å². The maximum absolute atomic E-state index is 13.1. The number of hydrogen-bond donors (Lipinski definition) is 0. The monoisotopic (exact) mass is 457 g/mol. The van der Waals surface area contributed by atoms with Gasteiger partial charge in [0.25, 0.3) is 0 Å². The Hall–Kier alpha value is -2.09. The van der Waals surface area contributed by atoms with Gasteiger partial charge in [0.05, 0.1) is 11.5 Å². The number of nitrogens with zero attached hydrogens (tertiary/aromatic N) is 1. The lowest BCUT2D eigenvalue weighted by atomic mass is 9.94. The molecule has 0 N–H and O–H groups in total. The lowest BCUT2D eigenvalue weighted by molar-refractivity contribution is -0.159. The molecule has 7 nitrogen and oxygen atoms in total. The number of rotatable bonds is 4. The van der Waals surface area contributed by atoms with Crippen LogP contribution in [0.25, 0.3) is 5.57 Å². The van der Waals surface area contributed by atoms with Crippen LogP contribution in [-0.2, 0) is 25.4 Å². The van der Waals surface area contributed by atoms with Crippen molar-refractivity contribution in [1.29, 1.82) is 0 Å². The summed E-state index contributed by atoms with van der Waals surface area (Å²) < 4.78 is 30.4. The number of esters is 1. The van der Waals surface area contributed by atoms with Crippen LogP contribution in [0.4, 0.5) is 0 Å². The maximum atomic E-state index is 13.1. The number of carbonyl (C=O) groups is 1. The van der Waals surface area contributed by atoms with Crippen LogP contribution >= 0.6 is 0 Å². The summed E-state index contributed by atoms with van der Waals surface area (Å²) in [5.41, 5.74) is 2.56. The second-order valence-corrected chi connectivity index (χ2v) is 10.9. The molecule has 0 amide bonds. The van der Waals surface area contributed by atoms with Crippen molar-refractivity contribution in [3.63, 3.8) is 0 Å². The Morgan fingerprint density at radius 2 is 1.91 bits per heavy atom. The van der Waals surface area contributed by atoms with E-state index < -0.39 is 17.3 Å². The van der Waals surface area contributed by atoms with E-state index in [0.717, 1.165) is 55.0 Å². The van der Waals surface area contributed by atoms with Gasteiger partial charge < -0.3 is 23.7 Å². The van der Waals surface area contributed by atoms with Crippen molar-refractivity contribution in [2.75, 3.05) is 19.9 Å². The third kappa shape index (κ3) is 3.94. The number of fused-ring (bicyclic) bond motifs is 6. The topological polar surface area (TPSA) is 66.5 Å². The summed E-state index contributed by atoms with van der Waals surface area (Å²) in [6, 6.07) is 4.06. The summed E-state index contributed by atoms with van der Waals surface area (Å²) in [5, 5.41) is 0. The van der Waals surface area contributed by atoms with Crippen LogP contribution in [0.2, 0.25) is 0 Å². The molecule has 1 aromatic rings. The van der Waals surface area contributed by atoms with Gasteiger partial charge in [-0.1, -0.05) is 13.3 Å². The van der Waals surface area contributed by atoms with Crippen LogP contribution in [0.3, 0.4) is 0 Å². The Balaban J connectivity index is 1.68. The van der Waals surface area contributed by atoms with Gasteiger partial charge in [0.1, 0.15) is 18.0 Å². The zero-order chi connectivity index (χ0) is 23.5. The Morgan fingerprint density at radius 1 is 1.18 bits per heavy atom. The van der Waals surface area contributed by atoms with Crippen molar-refractivity contribution in [2.45, 2.75) is 84.8 Å². The van der Waals surface area contributed by atoms with Crippen LogP contribution in [-0.4, -0.2) is 54.8 Å². The van der Waals surface area contributed by atoms with E-state index in [1.807, 2.05) is 40.7 Å². The molecule has 0 unspecified atom stereocenters. The van der Waals surface area contributed by atoms with E-state index in [1.54, 1.807) is 0 Å². The molecule has 3 atom stereocenters. The molecule has 5 rings (SSSR count). The summed E-state index contributed by atoms with van der Waals surface area (Å²) in [7, 11) is 0. The van der Waals surface area contributed by atoms with Gasteiger partial charge in [-0.2, -0.15) is 0 Å². The molecule has 1 fully saturated rings. The number of carbonyl (C=O) groups excluding carboxylic acids is 1. The smallest absolute Gasteiger partial charge is 0.316 e. The molecule has 0 saturated carbocycles. The molecule has 1 saturated heterocycles. The molecule has 33 heavy (non-hydrogen) atoms. The molecule has 1 aliphatic carbocycles. The molecule has 0 aromatic heterocycles. The summed E-state index contributed by atoms with van der Waals surface area (Å²) in [6.45, 7) is 13.7. The number of benzene rings is 1. The van der Waals surface area contributed by atoms with Crippen LogP contribution < -0.4 is 9.47 Å². The molecular formula is C26H35NO6. The van der Waals surface area contributed by atoms with Crippen molar-refractivity contribution in [1.82, 2.24) is 4.90 Å². The zero-order valence-corrected chi connectivity index (χ0v) is 20.5. The van der Waals surface area contributed by atoms with Crippen LogP contribution in [0.5, 0.6) is 11.5 Å². The lowest BCUT2D eigenvalue weighted by Crippen LogP contribution is -2.45. The van der Waals surface area contributed by atoms with E-state index in [4.69, 9.17) is 23.7 Å². The predicted molar refractivity (Wildman–Crippen MR) is 123 cm³/mol. The van der Waals surface area contributed by atoms with E-state index in [2.05, 4.69) is 17.9 Å². The Kier molecular flexibility index (Phi) is 5.50. The first-order chi connectivity index (χ1) is 15.6. The lowest BCUT2D eigenvalue weighted by Gasteiger charge is -2.33. The van der Waals surface area contributed by atoms with Crippen molar-refractivity contribution in [3.8, 4) is 11.5 Å². The second kappa shape index (κ2) is 8.00. The Bertz CT molecular complexity index is 991. The van der Waals surface area contributed by atoms with Crippen molar-refractivity contribution >= 4 is 11.5 Å². The number of hydrogen-bond acceptors (Lipinski definition) is 7. The number of unbranched alkanes of at least 4 members (excludes halogenated alkanes) is 1. The van der Waals surface area contributed by atoms with Gasteiger partial charge in [0.15, 0.2) is 17.3 Å². The Labute approximate surface area is 196 Å². The maximum Gasteiger partial charge on any atom is 0.316 e.